The number of carbonyl (C=O) groups is 2. The standard InChI is InChI=1S/C28H34N4O2.C2HF3O2/c1-20-30-26(28(34)31-17-16-29-19-23(31)18-21-10-4-2-5-11-21)27(22-12-6-3-7-13-22)32(20)24-14-8-9-15-25(24)33;3-2(4,5)1(6)7/h2-7,10-13,23-25,29,33H,8-9,14-19H2,1H3;(H,6,7)/t23-,24?,25+;/m1./s1. The van der Waals surface area contributed by atoms with Crippen molar-refractivity contribution in [2.24, 2.45) is 0 Å². The number of hydrogen-bond donors (Lipinski definition) is 3. The summed E-state index contributed by atoms with van der Waals surface area (Å²) in [5, 5.41) is 21.5. The monoisotopic (exact) mass is 572 g/mol. The van der Waals surface area contributed by atoms with Gasteiger partial charge in [-0.3, -0.25) is 4.79 Å². The molecule has 0 radical (unpaired) electrons. The van der Waals surface area contributed by atoms with Crippen LogP contribution >= 0.6 is 0 Å². The fraction of sp³-hybridized carbons (Fsp3) is 0.433. The zero-order valence-electron chi connectivity index (χ0n) is 22.8. The van der Waals surface area contributed by atoms with E-state index in [-0.39, 0.29) is 18.0 Å². The number of imidazole rings is 1. The lowest BCUT2D eigenvalue weighted by Crippen LogP contribution is -2.54. The van der Waals surface area contributed by atoms with Gasteiger partial charge in [-0.05, 0) is 31.7 Å². The first kappa shape index (κ1) is 30.3. The van der Waals surface area contributed by atoms with Crippen molar-refractivity contribution in [2.75, 3.05) is 19.6 Å². The number of aliphatic hydroxyl groups is 1. The predicted molar refractivity (Wildman–Crippen MR) is 147 cm³/mol. The summed E-state index contributed by atoms with van der Waals surface area (Å²) in [5.74, 6) is -1.98. The Bertz CT molecular complexity index is 1310. The Balaban J connectivity index is 0.000000493. The number of amides is 1. The first-order valence-corrected chi connectivity index (χ1v) is 13.8. The highest BCUT2D eigenvalue weighted by molar-refractivity contribution is 5.99. The average molecular weight is 573 g/mol. The zero-order chi connectivity index (χ0) is 29.6. The maximum atomic E-state index is 14.1. The number of hydrogen-bond acceptors (Lipinski definition) is 5. The number of aliphatic hydroxyl groups excluding tert-OH is 1. The fourth-order valence-electron chi connectivity index (χ4n) is 5.60. The summed E-state index contributed by atoms with van der Waals surface area (Å²) in [5.41, 5.74) is 3.54. The van der Waals surface area contributed by atoms with Crippen LogP contribution in [0.3, 0.4) is 0 Å². The minimum atomic E-state index is -5.08. The molecule has 2 heterocycles. The van der Waals surface area contributed by atoms with E-state index in [1.54, 1.807) is 0 Å². The van der Waals surface area contributed by atoms with Crippen molar-refractivity contribution >= 4 is 11.9 Å². The number of halogens is 3. The number of aliphatic carboxylic acids is 1. The molecular formula is C30H35F3N4O4. The van der Waals surface area contributed by atoms with Crippen LogP contribution in [0.25, 0.3) is 11.3 Å². The summed E-state index contributed by atoms with van der Waals surface area (Å²) >= 11 is 0. The number of rotatable bonds is 5. The van der Waals surface area contributed by atoms with Gasteiger partial charge < -0.3 is 25.0 Å². The van der Waals surface area contributed by atoms with E-state index < -0.39 is 18.2 Å². The number of piperazine rings is 1. The molecule has 1 amide bonds. The number of nitrogens with zero attached hydrogens (tertiary/aromatic N) is 3. The third-order valence-electron chi connectivity index (χ3n) is 7.53. The van der Waals surface area contributed by atoms with Crippen molar-refractivity contribution in [3.05, 3.63) is 77.7 Å². The second kappa shape index (κ2) is 13.3. The lowest BCUT2D eigenvalue weighted by molar-refractivity contribution is -0.192. The molecule has 41 heavy (non-hydrogen) atoms. The van der Waals surface area contributed by atoms with Crippen molar-refractivity contribution < 1.29 is 33.0 Å². The molecule has 0 bridgehead atoms. The molecule has 1 saturated heterocycles. The number of aryl methyl sites for hydroxylation is 1. The lowest BCUT2D eigenvalue weighted by atomic mass is 9.91. The average Bonchev–Trinajstić information content (AvgIpc) is 3.31. The first-order valence-electron chi connectivity index (χ1n) is 13.8. The Morgan fingerprint density at radius 2 is 1.63 bits per heavy atom. The molecule has 1 saturated carbocycles. The number of aromatic nitrogens is 2. The second-order valence-electron chi connectivity index (χ2n) is 10.4. The Morgan fingerprint density at radius 3 is 2.24 bits per heavy atom. The van der Waals surface area contributed by atoms with Crippen molar-refractivity contribution in [1.82, 2.24) is 19.8 Å². The molecule has 8 nitrogen and oxygen atoms in total. The van der Waals surface area contributed by atoms with Gasteiger partial charge >= 0.3 is 12.1 Å². The van der Waals surface area contributed by atoms with Crippen LogP contribution in [-0.2, 0) is 11.2 Å². The molecule has 2 fully saturated rings. The third-order valence-corrected chi connectivity index (χ3v) is 7.53. The molecule has 2 aliphatic rings. The van der Waals surface area contributed by atoms with Crippen molar-refractivity contribution in [3.8, 4) is 11.3 Å². The van der Waals surface area contributed by atoms with Crippen LogP contribution in [0.2, 0.25) is 0 Å². The smallest absolute Gasteiger partial charge is 0.475 e. The number of carboxylic acids is 1. The van der Waals surface area contributed by atoms with E-state index in [1.165, 1.54) is 5.56 Å². The summed E-state index contributed by atoms with van der Waals surface area (Å²) in [4.78, 5) is 29.8. The highest BCUT2D eigenvalue weighted by atomic mass is 19.4. The van der Waals surface area contributed by atoms with Gasteiger partial charge in [0, 0.05) is 31.2 Å². The summed E-state index contributed by atoms with van der Waals surface area (Å²) in [6.07, 6.45) is -0.890. The molecule has 1 aliphatic carbocycles. The normalized spacial score (nSPS) is 21.1. The highest BCUT2D eigenvalue weighted by Crippen LogP contribution is 2.36. The molecule has 3 atom stereocenters. The number of alkyl halides is 3. The van der Waals surface area contributed by atoms with Crippen LogP contribution < -0.4 is 5.32 Å². The molecule has 1 aromatic heterocycles. The molecule has 5 rings (SSSR count). The van der Waals surface area contributed by atoms with Crippen LogP contribution in [0, 0.1) is 6.92 Å². The molecule has 11 heteroatoms. The third kappa shape index (κ3) is 7.34. The van der Waals surface area contributed by atoms with E-state index in [1.807, 2.05) is 60.4 Å². The van der Waals surface area contributed by atoms with Gasteiger partial charge in [-0.15, -0.1) is 0 Å². The largest absolute Gasteiger partial charge is 0.490 e. The number of carbonyl (C=O) groups excluding carboxylic acids is 1. The zero-order valence-corrected chi connectivity index (χ0v) is 22.8. The summed E-state index contributed by atoms with van der Waals surface area (Å²) in [6.45, 7) is 4.16. The number of nitrogens with one attached hydrogen (secondary N) is 1. The van der Waals surface area contributed by atoms with Crippen molar-refractivity contribution in [2.45, 2.75) is 63.4 Å². The summed E-state index contributed by atoms with van der Waals surface area (Å²) in [6, 6.07) is 20.4. The molecule has 0 spiro atoms. The van der Waals surface area contributed by atoms with Crippen LogP contribution in [0.5, 0.6) is 0 Å². The highest BCUT2D eigenvalue weighted by Gasteiger charge is 2.38. The van der Waals surface area contributed by atoms with E-state index in [2.05, 4.69) is 22.0 Å². The van der Waals surface area contributed by atoms with Gasteiger partial charge in [0.25, 0.3) is 5.91 Å². The number of benzene rings is 2. The topological polar surface area (TPSA) is 108 Å². The molecule has 3 N–H and O–H groups in total. The van der Waals surface area contributed by atoms with Gasteiger partial charge in [0.2, 0.25) is 0 Å². The summed E-state index contributed by atoms with van der Waals surface area (Å²) in [7, 11) is 0. The van der Waals surface area contributed by atoms with Gasteiger partial charge in [-0.1, -0.05) is 73.5 Å². The van der Waals surface area contributed by atoms with Crippen LogP contribution in [-0.4, -0.2) is 74.5 Å². The quantitative estimate of drug-likeness (QED) is 0.412. The summed E-state index contributed by atoms with van der Waals surface area (Å²) < 4.78 is 33.9. The van der Waals surface area contributed by atoms with Crippen LogP contribution in [0.15, 0.2) is 60.7 Å². The molecular weight excluding hydrogens is 537 g/mol. The van der Waals surface area contributed by atoms with Crippen molar-refractivity contribution in [3.63, 3.8) is 0 Å². The van der Waals surface area contributed by atoms with Crippen molar-refractivity contribution in [1.29, 1.82) is 0 Å². The Morgan fingerprint density at radius 1 is 1.02 bits per heavy atom. The minimum absolute atomic E-state index is 0.0200. The molecule has 2 aromatic carbocycles. The maximum Gasteiger partial charge on any atom is 0.490 e. The van der Waals surface area contributed by atoms with Gasteiger partial charge in [0.05, 0.1) is 17.8 Å². The molecule has 1 aliphatic heterocycles. The van der Waals surface area contributed by atoms with E-state index in [0.717, 1.165) is 62.3 Å². The number of carboxylic acid groups (broad SMARTS) is 1. The minimum Gasteiger partial charge on any atom is -0.475 e. The van der Waals surface area contributed by atoms with Gasteiger partial charge in [-0.2, -0.15) is 13.2 Å². The fourth-order valence-corrected chi connectivity index (χ4v) is 5.60. The maximum absolute atomic E-state index is 14.1. The first-order chi connectivity index (χ1) is 19.6. The van der Waals surface area contributed by atoms with Gasteiger partial charge in [0.15, 0.2) is 5.69 Å². The van der Waals surface area contributed by atoms with Crippen LogP contribution in [0.1, 0.15) is 53.6 Å². The predicted octanol–water partition coefficient (Wildman–Crippen LogP) is 4.62. The van der Waals surface area contributed by atoms with E-state index in [9.17, 15) is 23.1 Å². The van der Waals surface area contributed by atoms with E-state index >= 15 is 0 Å². The Hall–Kier alpha value is -3.70. The Kier molecular flexibility index (Phi) is 9.82. The molecule has 3 aromatic rings. The Labute approximate surface area is 236 Å². The SMILES string of the molecule is Cc1nc(C(=O)N2CCNC[C@H]2Cc2ccccc2)c(-c2ccccc2)n1C1CCCC[C@@H]1O.O=C(O)C(F)(F)F. The molecule has 1 unspecified atom stereocenters. The van der Waals surface area contributed by atoms with Crippen LogP contribution in [0.4, 0.5) is 13.2 Å². The lowest BCUT2D eigenvalue weighted by Gasteiger charge is -2.36. The van der Waals surface area contributed by atoms with Gasteiger partial charge in [-0.25, -0.2) is 9.78 Å². The van der Waals surface area contributed by atoms with E-state index in [0.29, 0.717) is 12.2 Å². The van der Waals surface area contributed by atoms with Gasteiger partial charge in [0.1, 0.15) is 5.82 Å². The molecule has 220 valence electrons. The van der Waals surface area contributed by atoms with E-state index in [4.69, 9.17) is 14.9 Å². The second-order valence-corrected chi connectivity index (χ2v) is 10.4.